The number of oxazole rings is 1. The second kappa shape index (κ2) is 6.12. The van der Waals surface area contributed by atoms with E-state index in [2.05, 4.69) is 15.3 Å². The summed E-state index contributed by atoms with van der Waals surface area (Å²) in [7, 11) is 0. The topological polar surface area (TPSA) is 77.2 Å². The van der Waals surface area contributed by atoms with Crippen molar-refractivity contribution in [3.8, 4) is 5.75 Å². The minimum absolute atomic E-state index is 0.0324. The Bertz CT molecular complexity index is 952. The van der Waals surface area contributed by atoms with Gasteiger partial charge in [0, 0.05) is 23.4 Å². The van der Waals surface area contributed by atoms with Gasteiger partial charge in [-0.1, -0.05) is 18.2 Å². The Morgan fingerprint density at radius 1 is 1.19 bits per heavy atom. The molecule has 3 aromatic rings. The molecule has 0 saturated heterocycles. The summed E-state index contributed by atoms with van der Waals surface area (Å²) in [4.78, 5) is 21.1. The smallest absolute Gasteiger partial charge is 0.301 e. The first-order chi connectivity index (χ1) is 12.8. The number of carbonyl (C=O) groups excluding carboxylic acids is 1. The van der Waals surface area contributed by atoms with Crippen molar-refractivity contribution in [1.82, 2.24) is 9.97 Å². The first-order valence-electron chi connectivity index (χ1n) is 9.03. The lowest BCUT2D eigenvalue weighted by Gasteiger charge is -2.34. The number of hydrogen-bond donors (Lipinski definition) is 1. The van der Waals surface area contributed by atoms with Gasteiger partial charge in [0.2, 0.25) is 5.91 Å². The number of anilines is 1. The summed E-state index contributed by atoms with van der Waals surface area (Å²) in [6.45, 7) is 0. The standard InChI is InChI=1S/C20H19N3O3/c24-19(23-20-22-16(11-25-20)12-6-7-12)14-9-15(10-14)26-17-5-1-3-13-4-2-8-21-18(13)17/h1-5,8,11-12,14-15H,6-7,9-10H2,(H,22,23,24). The highest BCUT2D eigenvalue weighted by atomic mass is 16.5. The molecule has 2 saturated carbocycles. The van der Waals surface area contributed by atoms with Crippen molar-refractivity contribution < 1.29 is 13.9 Å². The van der Waals surface area contributed by atoms with Gasteiger partial charge in [0.25, 0.3) is 0 Å². The molecule has 0 atom stereocenters. The number of carbonyl (C=O) groups is 1. The van der Waals surface area contributed by atoms with Gasteiger partial charge in [-0.3, -0.25) is 15.1 Å². The van der Waals surface area contributed by atoms with Crippen molar-refractivity contribution in [3.05, 3.63) is 48.5 Å². The Morgan fingerprint density at radius 3 is 2.88 bits per heavy atom. The Morgan fingerprint density at radius 2 is 2.04 bits per heavy atom. The molecule has 6 nitrogen and oxygen atoms in total. The van der Waals surface area contributed by atoms with Crippen LogP contribution >= 0.6 is 0 Å². The largest absolute Gasteiger partial charge is 0.488 e. The highest BCUT2D eigenvalue weighted by Crippen LogP contribution is 2.40. The highest BCUT2D eigenvalue weighted by molar-refractivity contribution is 5.91. The van der Waals surface area contributed by atoms with Crippen molar-refractivity contribution in [2.24, 2.45) is 5.92 Å². The highest BCUT2D eigenvalue weighted by Gasteiger charge is 2.37. The average molecular weight is 349 g/mol. The van der Waals surface area contributed by atoms with E-state index in [1.807, 2.05) is 30.3 Å². The molecule has 26 heavy (non-hydrogen) atoms. The molecule has 0 aliphatic heterocycles. The lowest BCUT2D eigenvalue weighted by Crippen LogP contribution is -2.40. The first-order valence-corrected chi connectivity index (χ1v) is 9.03. The fourth-order valence-corrected chi connectivity index (χ4v) is 3.34. The van der Waals surface area contributed by atoms with Gasteiger partial charge >= 0.3 is 6.01 Å². The van der Waals surface area contributed by atoms with Crippen LogP contribution in [-0.4, -0.2) is 22.0 Å². The van der Waals surface area contributed by atoms with Gasteiger partial charge in [0.15, 0.2) is 0 Å². The molecule has 0 unspecified atom stereocenters. The molecule has 5 rings (SSSR count). The second-order valence-corrected chi connectivity index (χ2v) is 7.08. The normalized spacial score (nSPS) is 22.0. The summed E-state index contributed by atoms with van der Waals surface area (Å²) in [6, 6.07) is 10.1. The van der Waals surface area contributed by atoms with E-state index in [4.69, 9.17) is 9.15 Å². The zero-order chi connectivity index (χ0) is 17.5. The molecule has 0 bridgehead atoms. The summed E-state index contributed by atoms with van der Waals surface area (Å²) < 4.78 is 11.4. The van der Waals surface area contributed by atoms with E-state index in [0.29, 0.717) is 24.8 Å². The van der Waals surface area contributed by atoms with E-state index < -0.39 is 0 Å². The number of nitrogens with one attached hydrogen (secondary N) is 1. The number of benzene rings is 1. The van der Waals surface area contributed by atoms with Crippen LogP contribution in [0.15, 0.2) is 47.2 Å². The third kappa shape index (κ3) is 2.92. The van der Waals surface area contributed by atoms with Gasteiger partial charge < -0.3 is 9.15 Å². The molecule has 0 spiro atoms. The van der Waals surface area contributed by atoms with Gasteiger partial charge in [-0.2, -0.15) is 4.98 Å². The lowest BCUT2D eigenvalue weighted by atomic mass is 9.81. The van der Waals surface area contributed by atoms with Crippen molar-refractivity contribution in [3.63, 3.8) is 0 Å². The number of ether oxygens (including phenoxy) is 1. The first kappa shape index (κ1) is 15.4. The van der Waals surface area contributed by atoms with E-state index in [0.717, 1.165) is 35.2 Å². The van der Waals surface area contributed by atoms with Crippen molar-refractivity contribution in [2.75, 3.05) is 5.32 Å². The maximum atomic E-state index is 12.3. The average Bonchev–Trinajstić information content (AvgIpc) is 3.37. The Balaban J connectivity index is 1.18. The Labute approximate surface area is 150 Å². The number of aromatic nitrogens is 2. The lowest BCUT2D eigenvalue weighted by molar-refractivity contribution is -0.125. The van der Waals surface area contributed by atoms with Crippen LogP contribution in [-0.2, 0) is 4.79 Å². The van der Waals surface area contributed by atoms with Crippen molar-refractivity contribution in [2.45, 2.75) is 37.7 Å². The minimum atomic E-state index is -0.0702. The molecule has 2 aliphatic rings. The molecule has 0 radical (unpaired) electrons. The van der Waals surface area contributed by atoms with Crippen LogP contribution in [0.1, 0.15) is 37.3 Å². The van der Waals surface area contributed by atoms with Gasteiger partial charge in [-0.25, -0.2) is 0 Å². The molecule has 6 heteroatoms. The van der Waals surface area contributed by atoms with E-state index in [1.165, 1.54) is 0 Å². The van der Waals surface area contributed by atoms with Crippen LogP contribution < -0.4 is 10.1 Å². The van der Waals surface area contributed by atoms with E-state index in [-0.39, 0.29) is 17.9 Å². The Kier molecular flexibility index (Phi) is 3.62. The Hall–Kier alpha value is -2.89. The van der Waals surface area contributed by atoms with E-state index >= 15 is 0 Å². The zero-order valence-electron chi connectivity index (χ0n) is 14.2. The fourth-order valence-electron chi connectivity index (χ4n) is 3.34. The van der Waals surface area contributed by atoms with Gasteiger partial charge in [-0.15, -0.1) is 0 Å². The molecular weight excluding hydrogens is 330 g/mol. The molecule has 1 amide bonds. The van der Waals surface area contributed by atoms with E-state index in [9.17, 15) is 4.79 Å². The number of pyridine rings is 1. The fraction of sp³-hybridized carbons (Fsp3) is 0.350. The predicted octanol–water partition coefficient (Wildman–Crippen LogP) is 3.90. The number of amides is 1. The molecule has 1 N–H and O–H groups in total. The van der Waals surface area contributed by atoms with Gasteiger partial charge in [0.1, 0.15) is 23.6 Å². The molecule has 2 heterocycles. The van der Waals surface area contributed by atoms with Crippen LogP contribution in [0.4, 0.5) is 6.01 Å². The molecule has 132 valence electrons. The molecule has 2 aliphatic carbocycles. The molecule has 2 aromatic heterocycles. The molecule has 1 aromatic carbocycles. The second-order valence-electron chi connectivity index (χ2n) is 7.08. The monoisotopic (exact) mass is 349 g/mol. The zero-order valence-corrected chi connectivity index (χ0v) is 14.2. The van der Waals surface area contributed by atoms with Gasteiger partial charge in [0.05, 0.1) is 5.69 Å². The van der Waals surface area contributed by atoms with Crippen LogP contribution in [0.3, 0.4) is 0 Å². The summed E-state index contributed by atoms with van der Waals surface area (Å²) >= 11 is 0. The number of para-hydroxylation sites is 1. The van der Waals surface area contributed by atoms with Crippen molar-refractivity contribution in [1.29, 1.82) is 0 Å². The van der Waals surface area contributed by atoms with Crippen LogP contribution in [0.2, 0.25) is 0 Å². The van der Waals surface area contributed by atoms with E-state index in [1.54, 1.807) is 12.5 Å². The summed E-state index contributed by atoms with van der Waals surface area (Å²) in [5, 5.41) is 3.83. The van der Waals surface area contributed by atoms with Crippen molar-refractivity contribution >= 4 is 22.8 Å². The third-order valence-corrected chi connectivity index (χ3v) is 5.10. The SMILES string of the molecule is O=C(Nc1nc(C2CC2)co1)C1CC(Oc2cccc3cccnc23)C1. The number of fused-ring (bicyclic) bond motifs is 1. The number of nitrogens with zero attached hydrogens (tertiary/aromatic N) is 2. The van der Waals surface area contributed by atoms with Crippen LogP contribution in [0, 0.1) is 5.92 Å². The maximum Gasteiger partial charge on any atom is 0.301 e. The molecular formula is C20H19N3O3. The summed E-state index contributed by atoms with van der Waals surface area (Å²) in [5.74, 6) is 1.17. The van der Waals surface area contributed by atoms with Gasteiger partial charge in [-0.05, 0) is 37.8 Å². The summed E-state index contributed by atoms with van der Waals surface area (Å²) in [6.07, 6.45) is 7.13. The molecule has 2 fully saturated rings. The summed E-state index contributed by atoms with van der Waals surface area (Å²) in [5.41, 5.74) is 1.80. The predicted molar refractivity (Wildman–Crippen MR) is 96.0 cm³/mol. The van der Waals surface area contributed by atoms with Crippen LogP contribution in [0.5, 0.6) is 5.75 Å². The minimum Gasteiger partial charge on any atom is -0.488 e. The number of rotatable bonds is 5. The number of hydrogen-bond acceptors (Lipinski definition) is 5. The quantitative estimate of drug-likeness (QED) is 0.756. The van der Waals surface area contributed by atoms with Crippen LogP contribution in [0.25, 0.3) is 10.9 Å². The third-order valence-electron chi connectivity index (χ3n) is 5.10. The maximum absolute atomic E-state index is 12.3.